The molecule has 2 heterocycles. The number of nitrogens with one attached hydrogen (secondary N) is 1. The number of aromatic nitrogens is 3. The first kappa shape index (κ1) is 11.1. The van der Waals surface area contributed by atoms with Gasteiger partial charge in [-0.3, -0.25) is 0 Å². The van der Waals surface area contributed by atoms with E-state index < -0.39 is 0 Å². The molecule has 3 N–H and O–H groups in total. The molecule has 7 heteroatoms. The van der Waals surface area contributed by atoms with Crippen LogP contribution in [0.1, 0.15) is 10.7 Å². The molecule has 2 aromatic heterocycles. The maximum atomic E-state index is 5.94. The summed E-state index contributed by atoms with van der Waals surface area (Å²) in [4.78, 5) is 12.1. The molecule has 0 aliphatic heterocycles. The van der Waals surface area contributed by atoms with E-state index in [4.69, 9.17) is 17.3 Å². The number of hydrogen-bond acceptors (Lipinski definition) is 6. The number of nitrogen functional groups attached to an aromatic ring is 1. The van der Waals surface area contributed by atoms with Crippen molar-refractivity contribution in [2.45, 2.75) is 13.5 Å². The molecule has 0 bridgehead atoms. The topological polar surface area (TPSA) is 76.7 Å². The first-order chi connectivity index (χ1) is 7.66. The van der Waals surface area contributed by atoms with Gasteiger partial charge in [0, 0.05) is 11.1 Å². The summed E-state index contributed by atoms with van der Waals surface area (Å²) in [5.74, 6) is 0.802. The van der Waals surface area contributed by atoms with Gasteiger partial charge in [0.1, 0.15) is 22.2 Å². The highest BCUT2D eigenvalue weighted by Crippen LogP contribution is 2.23. The molecular formula is C9H10ClN5S. The van der Waals surface area contributed by atoms with Crippen molar-refractivity contribution < 1.29 is 0 Å². The second-order valence-corrected chi connectivity index (χ2v) is 4.48. The van der Waals surface area contributed by atoms with Gasteiger partial charge in [-0.2, -0.15) is 0 Å². The van der Waals surface area contributed by atoms with Crippen molar-refractivity contribution in [1.29, 1.82) is 0 Å². The van der Waals surface area contributed by atoms with E-state index in [0.29, 0.717) is 17.4 Å². The van der Waals surface area contributed by atoms with E-state index in [1.807, 2.05) is 12.3 Å². The summed E-state index contributed by atoms with van der Waals surface area (Å²) in [5, 5.41) is 6.38. The lowest BCUT2D eigenvalue weighted by atomic mass is 10.5. The molecule has 0 saturated heterocycles. The first-order valence-corrected chi connectivity index (χ1v) is 5.83. The minimum absolute atomic E-state index is 0.273. The van der Waals surface area contributed by atoms with E-state index in [-0.39, 0.29) is 5.82 Å². The van der Waals surface area contributed by atoms with E-state index >= 15 is 0 Å². The predicted octanol–water partition coefficient (Wildman–Crippen LogP) is 2.09. The fourth-order valence-corrected chi connectivity index (χ4v) is 2.03. The van der Waals surface area contributed by atoms with Crippen molar-refractivity contribution in [3.8, 4) is 0 Å². The van der Waals surface area contributed by atoms with Gasteiger partial charge >= 0.3 is 0 Å². The number of nitrogens with zero attached hydrogens (tertiary/aromatic N) is 3. The van der Waals surface area contributed by atoms with Crippen LogP contribution in [0.25, 0.3) is 0 Å². The Morgan fingerprint density at radius 2 is 2.31 bits per heavy atom. The number of nitrogens with two attached hydrogens (primary N) is 1. The summed E-state index contributed by atoms with van der Waals surface area (Å²) in [6.45, 7) is 2.53. The number of hydrogen-bond donors (Lipinski definition) is 2. The Morgan fingerprint density at radius 3 is 3.00 bits per heavy atom. The van der Waals surface area contributed by atoms with Crippen molar-refractivity contribution in [3.05, 3.63) is 27.4 Å². The molecule has 0 aromatic carbocycles. The van der Waals surface area contributed by atoms with Gasteiger partial charge in [-0.15, -0.1) is 11.3 Å². The summed E-state index contributed by atoms with van der Waals surface area (Å²) in [7, 11) is 0. The summed E-state index contributed by atoms with van der Waals surface area (Å²) in [5.41, 5.74) is 6.57. The molecule has 16 heavy (non-hydrogen) atoms. The highest BCUT2D eigenvalue weighted by atomic mass is 35.5. The molecule has 2 rings (SSSR count). The Labute approximate surface area is 102 Å². The lowest BCUT2D eigenvalue weighted by Gasteiger charge is -2.05. The molecule has 0 unspecified atom stereocenters. The maximum absolute atomic E-state index is 5.94. The lowest BCUT2D eigenvalue weighted by molar-refractivity contribution is 1.05. The molecule has 0 radical (unpaired) electrons. The average molecular weight is 256 g/mol. The van der Waals surface area contributed by atoms with E-state index in [2.05, 4.69) is 20.3 Å². The van der Waals surface area contributed by atoms with Gasteiger partial charge in [0.15, 0.2) is 5.82 Å². The maximum Gasteiger partial charge on any atom is 0.150 e. The minimum atomic E-state index is 0.273. The van der Waals surface area contributed by atoms with Gasteiger partial charge in [-0.25, -0.2) is 15.0 Å². The zero-order chi connectivity index (χ0) is 11.5. The van der Waals surface area contributed by atoms with Crippen molar-refractivity contribution in [1.82, 2.24) is 15.0 Å². The average Bonchev–Trinajstić information content (AvgIpc) is 2.67. The molecule has 0 atom stereocenters. The highest BCUT2D eigenvalue weighted by molar-refractivity contribution is 7.09. The van der Waals surface area contributed by atoms with Crippen molar-refractivity contribution in [2.75, 3.05) is 11.1 Å². The number of thiazole rings is 1. The van der Waals surface area contributed by atoms with Crippen LogP contribution >= 0.6 is 22.9 Å². The first-order valence-electron chi connectivity index (χ1n) is 4.57. The Morgan fingerprint density at radius 1 is 1.50 bits per heavy atom. The number of aryl methyl sites for hydroxylation is 1. The van der Waals surface area contributed by atoms with E-state index in [0.717, 1.165) is 10.7 Å². The van der Waals surface area contributed by atoms with Crippen molar-refractivity contribution in [2.24, 2.45) is 0 Å². The molecule has 0 spiro atoms. The van der Waals surface area contributed by atoms with Crippen LogP contribution in [0.2, 0.25) is 5.02 Å². The van der Waals surface area contributed by atoms with Crippen LogP contribution in [0.15, 0.2) is 11.7 Å². The van der Waals surface area contributed by atoms with Gasteiger partial charge in [0.05, 0.1) is 6.54 Å². The second-order valence-electron chi connectivity index (χ2n) is 3.16. The van der Waals surface area contributed by atoms with Crippen molar-refractivity contribution in [3.63, 3.8) is 0 Å². The molecule has 5 nitrogen and oxygen atoms in total. The zero-order valence-electron chi connectivity index (χ0n) is 8.57. The van der Waals surface area contributed by atoms with Crippen LogP contribution in [0.5, 0.6) is 0 Å². The number of anilines is 2. The van der Waals surface area contributed by atoms with E-state index in [1.54, 1.807) is 11.3 Å². The molecule has 0 saturated carbocycles. The van der Waals surface area contributed by atoms with Crippen LogP contribution in [-0.2, 0) is 6.54 Å². The van der Waals surface area contributed by atoms with Crippen LogP contribution in [-0.4, -0.2) is 15.0 Å². The quantitative estimate of drug-likeness (QED) is 0.878. The fourth-order valence-electron chi connectivity index (χ4n) is 1.15. The molecule has 2 aromatic rings. The highest BCUT2D eigenvalue weighted by Gasteiger charge is 2.06. The summed E-state index contributed by atoms with van der Waals surface area (Å²) in [6.07, 6.45) is 1.37. The molecule has 84 valence electrons. The SMILES string of the molecule is Cc1csc(CNc2ncnc(N)c2Cl)n1. The van der Waals surface area contributed by atoms with E-state index in [9.17, 15) is 0 Å². The second kappa shape index (κ2) is 4.63. The Hall–Kier alpha value is -1.40. The Bertz CT molecular complexity index is 498. The van der Waals surface area contributed by atoms with Crippen molar-refractivity contribution >= 4 is 34.6 Å². The molecule has 0 aliphatic carbocycles. The Balaban J connectivity index is 2.07. The minimum Gasteiger partial charge on any atom is -0.382 e. The van der Waals surface area contributed by atoms with Crippen LogP contribution in [0.3, 0.4) is 0 Å². The number of halogens is 1. The van der Waals surface area contributed by atoms with Crippen LogP contribution < -0.4 is 11.1 Å². The molecule has 0 amide bonds. The summed E-state index contributed by atoms with van der Waals surface area (Å²) < 4.78 is 0. The molecule has 0 aliphatic rings. The normalized spacial score (nSPS) is 10.4. The molecular weight excluding hydrogens is 246 g/mol. The Kier molecular flexibility index (Phi) is 3.21. The third kappa shape index (κ3) is 2.40. The van der Waals surface area contributed by atoms with Gasteiger partial charge in [-0.05, 0) is 6.92 Å². The van der Waals surface area contributed by atoms with Crippen LogP contribution in [0, 0.1) is 6.92 Å². The summed E-state index contributed by atoms with van der Waals surface area (Å²) in [6, 6.07) is 0. The van der Waals surface area contributed by atoms with Crippen LogP contribution in [0.4, 0.5) is 11.6 Å². The fraction of sp³-hybridized carbons (Fsp3) is 0.222. The monoisotopic (exact) mass is 255 g/mol. The third-order valence-electron chi connectivity index (χ3n) is 1.89. The third-order valence-corrected chi connectivity index (χ3v) is 3.23. The zero-order valence-corrected chi connectivity index (χ0v) is 10.1. The smallest absolute Gasteiger partial charge is 0.150 e. The van der Waals surface area contributed by atoms with Gasteiger partial charge in [0.2, 0.25) is 0 Å². The summed E-state index contributed by atoms with van der Waals surface area (Å²) >= 11 is 7.52. The standard InChI is InChI=1S/C9H10ClN5S/c1-5-3-16-6(15-5)2-12-9-7(10)8(11)13-4-14-9/h3-4H,2H2,1H3,(H3,11,12,13,14). The number of rotatable bonds is 3. The van der Waals surface area contributed by atoms with Gasteiger partial charge < -0.3 is 11.1 Å². The van der Waals surface area contributed by atoms with Gasteiger partial charge in [0.25, 0.3) is 0 Å². The lowest BCUT2D eigenvalue weighted by Crippen LogP contribution is -2.04. The van der Waals surface area contributed by atoms with Gasteiger partial charge in [-0.1, -0.05) is 11.6 Å². The molecule has 0 fully saturated rings. The van der Waals surface area contributed by atoms with E-state index in [1.165, 1.54) is 6.33 Å². The largest absolute Gasteiger partial charge is 0.382 e. The predicted molar refractivity (Wildman–Crippen MR) is 65.6 cm³/mol.